The van der Waals surface area contributed by atoms with E-state index in [0.717, 1.165) is 0 Å². The van der Waals surface area contributed by atoms with E-state index in [1.807, 2.05) is 20.8 Å². The second kappa shape index (κ2) is 3.65. The highest BCUT2D eigenvalue weighted by Gasteiger charge is 2.16. The van der Waals surface area contributed by atoms with Crippen molar-refractivity contribution in [2.24, 2.45) is 5.41 Å². The molecule has 0 radical (unpaired) electrons. The molecule has 0 saturated heterocycles. The lowest BCUT2D eigenvalue weighted by atomic mass is 9.92. The molecule has 0 atom stereocenters. The van der Waals surface area contributed by atoms with Crippen LogP contribution in [-0.4, -0.2) is 20.8 Å². The van der Waals surface area contributed by atoms with Crippen LogP contribution in [0.2, 0.25) is 0 Å². The number of aromatic nitrogens is 3. The molecule has 1 aromatic rings. The Balaban J connectivity index is 2.54. The number of rotatable bonds is 2. The number of carbonyl (C=O) groups is 1. The maximum atomic E-state index is 11.4. The van der Waals surface area contributed by atoms with E-state index in [1.54, 1.807) is 0 Å². The number of anilines is 1. The third kappa shape index (κ3) is 3.04. The van der Waals surface area contributed by atoms with Crippen molar-refractivity contribution in [3.8, 4) is 0 Å². The maximum Gasteiger partial charge on any atom is 0.241 e. The van der Waals surface area contributed by atoms with E-state index in [9.17, 15) is 4.79 Å². The molecular weight excluding hydrogens is 182 g/mol. The first-order chi connectivity index (χ1) is 6.38. The van der Waals surface area contributed by atoms with E-state index < -0.39 is 0 Å². The van der Waals surface area contributed by atoms with Crippen molar-refractivity contribution in [1.29, 1.82) is 0 Å². The minimum absolute atomic E-state index is 0.0488. The first-order valence-corrected chi connectivity index (χ1v) is 4.34. The maximum absolute atomic E-state index is 11.4. The number of hydrogen-bond donors (Lipinski definition) is 2. The summed E-state index contributed by atoms with van der Waals surface area (Å²) in [6.07, 6.45) is 1.78. The average Bonchev–Trinajstić information content (AvgIpc) is 2.32. The Kier molecular flexibility index (Phi) is 2.73. The minimum Gasteiger partial charge on any atom is -0.366 e. The van der Waals surface area contributed by atoms with Gasteiger partial charge in [-0.25, -0.2) is 4.68 Å². The van der Waals surface area contributed by atoms with Crippen LogP contribution in [0.4, 0.5) is 5.95 Å². The molecule has 78 valence electrons. The second-order valence-corrected chi connectivity index (χ2v) is 4.33. The van der Waals surface area contributed by atoms with Gasteiger partial charge in [0, 0.05) is 6.42 Å². The first-order valence-electron chi connectivity index (χ1n) is 4.34. The fourth-order valence-electron chi connectivity index (χ4n) is 0.986. The fraction of sp³-hybridized carbons (Fsp3) is 0.625. The van der Waals surface area contributed by atoms with Crippen LogP contribution < -0.4 is 11.2 Å². The predicted octanol–water partition coefficient (Wildman–Crippen LogP) is 0.367. The van der Waals surface area contributed by atoms with Gasteiger partial charge in [-0.15, -0.1) is 10.2 Å². The molecule has 6 heteroatoms. The Bertz CT molecular complexity index is 325. The molecule has 1 aromatic heterocycles. The zero-order valence-corrected chi connectivity index (χ0v) is 8.61. The van der Waals surface area contributed by atoms with Gasteiger partial charge in [0.05, 0.1) is 0 Å². The number of hydrogen-bond acceptors (Lipinski definition) is 4. The summed E-state index contributed by atoms with van der Waals surface area (Å²) in [5.74, 6) is 0.0660. The zero-order valence-electron chi connectivity index (χ0n) is 8.61. The molecule has 1 amide bonds. The van der Waals surface area contributed by atoms with Crippen molar-refractivity contribution in [3.05, 3.63) is 6.33 Å². The normalized spacial score (nSPS) is 11.4. The number of nitrogens with one attached hydrogen (secondary N) is 1. The molecule has 0 aliphatic rings. The summed E-state index contributed by atoms with van der Waals surface area (Å²) >= 11 is 0. The molecule has 14 heavy (non-hydrogen) atoms. The number of nitrogens with zero attached hydrogens (tertiary/aromatic N) is 3. The molecule has 6 nitrogen and oxygen atoms in total. The fourth-order valence-corrected chi connectivity index (χ4v) is 0.986. The van der Waals surface area contributed by atoms with Gasteiger partial charge in [0.2, 0.25) is 11.9 Å². The predicted molar refractivity (Wildman–Crippen MR) is 52.9 cm³/mol. The lowest BCUT2D eigenvalue weighted by Crippen LogP contribution is -2.27. The Hall–Kier alpha value is -1.59. The van der Waals surface area contributed by atoms with E-state index >= 15 is 0 Å². The number of nitrogens with two attached hydrogens (primary N) is 1. The number of carbonyl (C=O) groups excluding carboxylic acids is 1. The molecule has 0 aliphatic heterocycles. The van der Waals surface area contributed by atoms with Crippen LogP contribution in [0.25, 0.3) is 0 Å². The molecule has 0 unspecified atom stereocenters. The van der Waals surface area contributed by atoms with E-state index in [4.69, 9.17) is 5.73 Å². The van der Waals surface area contributed by atoms with Crippen molar-refractivity contribution in [3.63, 3.8) is 0 Å². The summed E-state index contributed by atoms with van der Waals surface area (Å²) in [6.45, 7) is 5.96. The van der Waals surface area contributed by atoms with E-state index in [-0.39, 0.29) is 17.3 Å². The standard InChI is InChI=1S/C8H15N5O/c1-8(2,3)4-6(14)12-13-5-10-11-7(13)9/h5H,4H2,1-3H3,(H2,9,11)(H,12,14). The van der Waals surface area contributed by atoms with Crippen LogP contribution in [0.5, 0.6) is 0 Å². The SMILES string of the molecule is CC(C)(C)CC(=O)Nn1cnnc1N. The van der Waals surface area contributed by atoms with Crippen molar-refractivity contribution in [2.75, 3.05) is 11.2 Å². The zero-order chi connectivity index (χ0) is 10.8. The van der Waals surface area contributed by atoms with E-state index in [2.05, 4.69) is 15.6 Å². The highest BCUT2D eigenvalue weighted by atomic mass is 16.2. The quantitative estimate of drug-likeness (QED) is 0.717. The number of amides is 1. The van der Waals surface area contributed by atoms with Gasteiger partial charge in [-0.05, 0) is 5.41 Å². The second-order valence-electron chi connectivity index (χ2n) is 4.33. The van der Waals surface area contributed by atoms with Gasteiger partial charge in [0.1, 0.15) is 6.33 Å². The molecular formula is C8H15N5O. The highest BCUT2D eigenvalue weighted by molar-refractivity contribution is 5.84. The van der Waals surface area contributed by atoms with Crippen molar-refractivity contribution in [2.45, 2.75) is 27.2 Å². The van der Waals surface area contributed by atoms with Crippen LogP contribution in [0, 0.1) is 5.41 Å². The third-order valence-corrected chi connectivity index (χ3v) is 1.51. The Morgan fingerprint density at radius 2 is 2.29 bits per heavy atom. The highest BCUT2D eigenvalue weighted by Crippen LogP contribution is 2.18. The van der Waals surface area contributed by atoms with Crippen LogP contribution in [0.3, 0.4) is 0 Å². The summed E-state index contributed by atoms with van der Waals surface area (Å²) in [7, 11) is 0. The van der Waals surface area contributed by atoms with Gasteiger partial charge in [0.15, 0.2) is 0 Å². The van der Waals surface area contributed by atoms with E-state index in [1.165, 1.54) is 11.0 Å². The lowest BCUT2D eigenvalue weighted by Gasteiger charge is -2.17. The summed E-state index contributed by atoms with van der Waals surface area (Å²) < 4.78 is 1.30. The van der Waals surface area contributed by atoms with Gasteiger partial charge >= 0.3 is 0 Å². The summed E-state index contributed by atoms with van der Waals surface area (Å²) in [5, 5.41) is 7.09. The largest absolute Gasteiger partial charge is 0.366 e. The Morgan fingerprint density at radius 3 is 2.71 bits per heavy atom. The van der Waals surface area contributed by atoms with Gasteiger partial charge in [-0.3, -0.25) is 10.2 Å². The molecule has 1 rings (SSSR count). The molecule has 0 aliphatic carbocycles. The molecule has 0 spiro atoms. The Labute approximate surface area is 82.5 Å². The molecule has 0 bridgehead atoms. The van der Waals surface area contributed by atoms with Crippen molar-refractivity contribution < 1.29 is 4.79 Å². The Morgan fingerprint density at radius 1 is 1.64 bits per heavy atom. The van der Waals surface area contributed by atoms with Crippen LogP contribution in [0.1, 0.15) is 27.2 Å². The van der Waals surface area contributed by atoms with Crippen molar-refractivity contribution >= 4 is 11.9 Å². The molecule has 3 N–H and O–H groups in total. The van der Waals surface area contributed by atoms with Gasteiger partial charge < -0.3 is 5.73 Å². The van der Waals surface area contributed by atoms with Gasteiger partial charge in [-0.2, -0.15) is 0 Å². The van der Waals surface area contributed by atoms with Gasteiger partial charge in [0.25, 0.3) is 0 Å². The lowest BCUT2D eigenvalue weighted by molar-refractivity contribution is -0.118. The summed E-state index contributed by atoms with van der Waals surface area (Å²) in [4.78, 5) is 11.4. The monoisotopic (exact) mass is 197 g/mol. The third-order valence-electron chi connectivity index (χ3n) is 1.51. The van der Waals surface area contributed by atoms with Gasteiger partial charge in [-0.1, -0.05) is 20.8 Å². The number of nitrogen functional groups attached to an aromatic ring is 1. The van der Waals surface area contributed by atoms with Crippen LogP contribution in [-0.2, 0) is 4.79 Å². The average molecular weight is 197 g/mol. The minimum atomic E-state index is -0.107. The molecule has 0 fully saturated rings. The van der Waals surface area contributed by atoms with Crippen LogP contribution in [0.15, 0.2) is 6.33 Å². The smallest absolute Gasteiger partial charge is 0.241 e. The molecule has 0 saturated carbocycles. The topological polar surface area (TPSA) is 85.8 Å². The summed E-state index contributed by atoms with van der Waals surface area (Å²) in [6, 6.07) is 0. The molecule has 1 heterocycles. The van der Waals surface area contributed by atoms with Crippen LogP contribution >= 0.6 is 0 Å². The van der Waals surface area contributed by atoms with Crippen molar-refractivity contribution in [1.82, 2.24) is 14.9 Å². The van der Waals surface area contributed by atoms with E-state index in [0.29, 0.717) is 6.42 Å². The molecule has 0 aromatic carbocycles. The first kappa shape index (κ1) is 10.5. The summed E-state index contributed by atoms with van der Waals surface area (Å²) in [5.41, 5.74) is 7.95.